The minimum Gasteiger partial charge on any atom is -0.493 e. The second-order valence-electron chi connectivity index (χ2n) is 4.41. The highest BCUT2D eigenvalue weighted by Crippen LogP contribution is 2.31. The molecule has 1 aromatic carbocycles. The fourth-order valence-corrected chi connectivity index (χ4v) is 1.69. The maximum atomic E-state index is 12.6. The zero-order valence-corrected chi connectivity index (χ0v) is 12.4. The summed E-state index contributed by atoms with van der Waals surface area (Å²) < 4.78 is 48.3. The van der Waals surface area contributed by atoms with Gasteiger partial charge in [0.15, 0.2) is 0 Å². The van der Waals surface area contributed by atoms with E-state index in [1.807, 2.05) is 0 Å². The molecule has 23 heavy (non-hydrogen) atoms. The number of benzene rings is 1. The lowest BCUT2D eigenvalue weighted by atomic mass is 10.2. The minimum absolute atomic E-state index is 0.0773. The first-order chi connectivity index (χ1) is 10.8. The van der Waals surface area contributed by atoms with Gasteiger partial charge in [-0.3, -0.25) is 4.79 Å². The van der Waals surface area contributed by atoms with Gasteiger partial charge in [-0.25, -0.2) is 4.98 Å². The van der Waals surface area contributed by atoms with E-state index in [9.17, 15) is 18.0 Å². The van der Waals surface area contributed by atoms with Crippen molar-refractivity contribution in [1.82, 2.24) is 4.98 Å². The Morgan fingerprint density at radius 2 is 1.78 bits per heavy atom. The minimum atomic E-state index is -4.46. The summed E-state index contributed by atoms with van der Waals surface area (Å²) in [6.45, 7) is 0.137. The summed E-state index contributed by atoms with van der Waals surface area (Å²) in [5.74, 6) is 0.617. The highest BCUT2D eigenvalue weighted by atomic mass is 35.5. The standard InChI is InChI=1S/C15H11ClF3NO3/c16-13(21)6-8-22-11-1-3-12(4-2-11)23-14-9-10(5-7-20-14)15(17,18)19/h1-5,7,9H,6,8H2. The van der Waals surface area contributed by atoms with E-state index in [-0.39, 0.29) is 18.9 Å². The summed E-state index contributed by atoms with van der Waals surface area (Å²) in [6.07, 6.45) is -3.36. The number of rotatable bonds is 6. The normalized spacial score (nSPS) is 11.1. The molecule has 0 spiro atoms. The Balaban J connectivity index is 1.99. The summed E-state index contributed by atoms with van der Waals surface area (Å²) >= 11 is 5.18. The van der Waals surface area contributed by atoms with Gasteiger partial charge in [-0.1, -0.05) is 0 Å². The maximum absolute atomic E-state index is 12.6. The van der Waals surface area contributed by atoms with Gasteiger partial charge in [-0.2, -0.15) is 13.2 Å². The molecule has 0 aliphatic heterocycles. The fraction of sp³-hybridized carbons (Fsp3) is 0.200. The monoisotopic (exact) mass is 345 g/mol. The Bertz CT molecular complexity index is 674. The lowest BCUT2D eigenvalue weighted by Crippen LogP contribution is -2.05. The lowest BCUT2D eigenvalue weighted by molar-refractivity contribution is -0.137. The summed E-state index contributed by atoms with van der Waals surface area (Å²) in [7, 11) is 0. The summed E-state index contributed by atoms with van der Waals surface area (Å²) in [4.78, 5) is 14.3. The predicted octanol–water partition coefficient (Wildman–Crippen LogP) is 4.43. The van der Waals surface area contributed by atoms with Crippen LogP contribution in [0.25, 0.3) is 0 Å². The number of hydrogen-bond acceptors (Lipinski definition) is 4. The van der Waals surface area contributed by atoms with Crippen LogP contribution in [0.3, 0.4) is 0 Å². The number of hydrogen-bond donors (Lipinski definition) is 0. The van der Waals surface area contributed by atoms with Crippen LogP contribution in [0.2, 0.25) is 0 Å². The molecule has 0 fully saturated rings. The quantitative estimate of drug-likeness (QED) is 0.727. The van der Waals surface area contributed by atoms with Crippen molar-refractivity contribution in [3.05, 3.63) is 48.2 Å². The third-order valence-corrected chi connectivity index (χ3v) is 2.86. The number of alkyl halides is 3. The van der Waals surface area contributed by atoms with E-state index in [0.717, 1.165) is 18.3 Å². The van der Waals surface area contributed by atoms with E-state index in [2.05, 4.69) is 4.98 Å². The Hall–Kier alpha value is -2.28. The smallest absolute Gasteiger partial charge is 0.416 e. The Morgan fingerprint density at radius 3 is 2.39 bits per heavy atom. The molecular weight excluding hydrogens is 335 g/mol. The van der Waals surface area contributed by atoms with Gasteiger partial charge in [0.05, 0.1) is 18.6 Å². The SMILES string of the molecule is O=C(Cl)CCOc1ccc(Oc2cc(C(F)(F)F)ccn2)cc1. The number of nitrogens with zero attached hydrogens (tertiary/aromatic N) is 1. The number of carbonyl (C=O) groups is 1. The van der Waals surface area contributed by atoms with Gasteiger partial charge in [0.1, 0.15) is 11.5 Å². The molecule has 0 unspecified atom stereocenters. The van der Waals surface area contributed by atoms with Gasteiger partial charge in [0.25, 0.3) is 0 Å². The zero-order chi connectivity index (χ0) is 16.9. The molecule has 0 aliphatic carbocycles. The van der Waals surface area contributed by atoms with E-state index >= 15 is 0 Å². The van der Waals surface area contributed by atoms with Crippen molar-refractivity contribution in [3.8, 4) is 17.4 Å². The zero-order valence-electron chi connectivity index (χ0n) is 11.6. The maximum Gasteiger partial charge on any atom is 0.416 e. The number of carbonyl (C=O) groups excluding carboxylic acids is 1. The average Bonchev–Trinajstić information content (AvgIpc) is 2.48. The van der Waals surface area contributed by atoms with E-state index in [1.165, 1.54) is 12.1 Å². The molecule has 8 heteroatoms. The van der Waals surface area contributed by atoms with Gasteiger partial charge in [0, 0.05) is 12.3 Å². The molecule has 0 radical (unpaired) electrons. The van der Waals surface area contributed by atoms with Crippen LogP contribution in [0.1, 0.15) is 12.0 Å². The van der Waals surface area contributed by atoms with Crippen molar-refractivity contribution < 1.29 is 27.4 Å². The molecule has 1 heterocycles. The molecule has 0 N–H and O–H groups in total. The van der Waals surface area contributed by atoms with Gasteiger partial charge in [0.2, 0.25) is 11.1 Å². The van der Waals surface area contributed by atoms with Crippen LogP contribution in [-0.4, -0.2) is 16.8 Å². The molecule has 1 aromatic heterocycles. The average molecular weight is 346 g/mol. The number of aromatic nitrogens is 1. The lowest BCUT2D eigenvalue weighted by Gasteiger charge is -2.09. The Kier molecular flexibility index (Phi) is 5.44. The first-order valence-corrected chi connectivity index (χ1v) is 6.85. The predicted molar refractivity (Wildman–Crippen MR) is 76.7 cm³/mol. The van der Waals surface area contributed by atoms with E-state index in [0.29, 0.717) is 11.5 Å². The second kappa shape index (κ2) is 7.32. The van der Waals surface area contributed by atoms with Crippen molar-refractivity contribution >= 4 is 16.8 Å². The molecule has 0 bridgehead atoms. The van der Waals surface area contributed by atoms with Crippen molar-refractivity contribution in [2.24, 2.45) is 0 Å². The molecule has 0 atom stereocenters. The Morgan fingerprint density at radius 1 is 1.13 bits per heavy atom. The van der Waals surface area contributed by atoms with Crippen LogP contribution < -0.4 is 9.47 Å². The number of halogens is 4. The molecule has 0 saturated heterocycles. The molecule has 122 valence electrons. The summed E-state index contributed by atoms with van der Waals surface area (Å²) in [5.41, 5.74) is -0.840. The summed E-state index contributed by atoms with van der Waals surface area (Å²) in [5, 5.41) is -0.499. The fourth-order valence-electron chi connectivity index (χ4n) is 1.62. The van der Waals surface area contributed by atoms with Crippen molar-refractivity contribution in [2.75, 3.05) is 6.61 Å². The van der Waals surface area contributed by atoms with Crippen LogP contribution in [0.4, 0.5) is 13.2 Å². The molecule has 2 aromatic rings. The van der Waals surface area contributed by atoms with E-state index < -0.39 is 17.0 Å². The second-order valence-corrected chi connectivity index (χ2v) is 4.83. The van der Waals surface area contributed by atoms with Crippen molar-refractivity contribution in [2.45, 2.75) is 12.6 Å². The third-order valence-electron chi connectivity index (χ3n) is 2.68. The third kappa shape index (κ3) is 5.45. The summed E-state index contributed by atoms with van der Waals surface area (Å²) in [6, 6.07) is 7.82. The van der Waals surface area contributed by atoms with Crippen LogP contribution >= 0.6 is 11.6 Å². The van der Waals surface area contributed by atoms with Gasteiger partial charge in [-0.15, -0.1) is 0 Å². The largest absolute Gasteiger partial charge is 0.493 e. The molecule has 4 nitrogen and oxygen atoms in total. The molecule has 0 saturated carbocycles. The molecule has 0 aliphatic rings. The van der Waals surface area contributed by atoms with Crippen LogP contribution in [-0.2, 0) is 11.0 Å². The van der Waals surface area contributed by atoms with Gasteiger partial charge in [-0.05, 0) is 41.9 Å². The van der Waals surface area contributed by atoms with Crippen LogP contribution in [0.5, 0.6) is 17.4 Å². The highest BCUT2D eigenvalue weighted by Gasteiger charge is 2.31. The number of pyridine rings is 1. The Labute approximate surface area is 134 Å². The number of ether oxygens (including phenoxy) is 2. The van der Waals surface area contributed by atoms with Crippen molar-refractivity contribution in [1.29, 1.82) is 0 Å². The molecule has 2 rings (SSSR count). The van der Waals surface area contributed by atoms with Crippen LogP contribution in [0.15, 0.2) is 42.6 Å². The topological polar surface area (TPSA) is 48.4 Å². The molecular formula is C15H11ClF3NO3. The molecule has 0 amide bonds. The first kappa shape index (κ1) is 17.1. The van der Waals surface area contributed by atoms with E-state index in [1.54, 1.807) is 12.1 Å². The first-order valence-electron chi connectivity index (χ1n) is 6.47. The highest BCUT2D eigenvalue weighted by molar-refractivity contribution is 6.63. The van der Waals surface area contributed by atoms with E-state index in [4.69, 9.17) is 21.1 Å². The van der Waals surface area contributed by atoms with Crippen LogP contribution in [0, 0.1) is 0 Å². The van der Waals surface area contributed by atoms with Gasteiger partial charge < -0.3 is 9.47 Å². The van der Waals surface area contributed by atoms with Crippen molar-refractivity contribution in [3.63, 3.8) is 0 Å². The van der Waals surface area contributed by atoms with Gasteiger partial charge >= 0.3 is 6.18 Å².